The predicted octanol–water partition coefficient (Wildman–Crippen LogP) is 3.83. The molecule has 1 atom stereocenters. The first kappa shape index (κ1) is 13.7. The average molecular weight is 267 g/mol. The highest BCUT2D eigenvalue weighted by atomic mass is 35.5. The SMILES string of the molecule is CC(C)NCc1cccc(Cl)c1N1CCCC1C. The zero-order chi connectivity index (χ0) is 13.1. The normalized spacial score (nSPS) is 19.8. The molecule has 2 nitrogen and oxygen atoms in total. The van der Waals surface area contributed by atoms with Crippen molar-refractivity contribution in [3.05, 3.63) is 28.8 Å². The molecule has 1 fully saturated rings. The summed E-state index contributed by atoms with van der Waals surface area (Å²) >= 11 is 6.42. The first-order valence-electron chi connectivity index (χ1n) is 6.87. The number of hydrogen-bond acceptors (Lipinski definition) is 2. The van der Waals surface area contributed by atoms with Gasteiger partial charge >= 0.3 is 0 Å². The van der Waals surface area contributed by atoms with Crippen molar-refractivity contribution < 1.29 is 0 Å². The third-order valence-corrected chi connectivity index (χ3v) is 3.92. The van der Waals surface area contributed by atoms with Gasteiger partial charge < -0.3 is 10.2 Å². The third-order valence-electron chi connectivity index (χ3n) is 3.61. The molecule has 1 heterocycles. The van der Waals surface area contributed by atoms with E-state index in [0.717, 1.165) is 18.1 Å². The summed E-state index contributed by atoms with van der Waals surface area (Å²) in [4.78, 5) is 2.46. The summed E-state index contributed by atoms with van der Waals surface area (Å²) in [6, 6.07) is 7.32. The zero-order valence-corrected chi connectivity index (χ0v) is 12.3. The topological polar surface area (TPSA) is 15.3 Å². The highest BCUT2D eigenvalue weighted by molar-refractivity contribution is 6.33. The van der Waals surface area contributed by atoms with Gasteiger partial charge in [0.1, 0.15) is 0 Å². The smallest absolute Gasteiger partial charge is 0.0643 e. The summed E-state index contributed by atoms with van der Waals surface area (Å²) in [7, 11) is 0. The van der Waals surface area contributed by atoms with Gasteiger partial charge in [0.05, 0.1) is 10.7 Å². The van der Waals surface area contributed by atoms with Crippen molar-refractivity contribution in [3.63, 3.8) is 0 Å². The summed E-state index contributed by atoms with van der Waals surface area (Å²) in [5.74, 6) is 0. The van der Waals surface area contributed by atoms with Crippen LogP contribution in [0.1, 0.15) is 39.2 Å². The molecule has 0 spiro atoms. The van der Waals surface area contributed by atoms with Crippen LogP contribution in [0.5, 0.6) is 0 Å². The van der Waals surface area contributed by atoms with Crippen LogP contribution in [0.3, 0.4) is 0 Å². The molecule has 1 unspecified atom stereocenters. The molecule has 1 aliphatic heterocycles. The summed E-state index contributed by atoms with van der Waals surface area (Å²) < 4.78 is 0. The van der Waals surface area contributed by atoms with Crippen LogP contribution in [-0.4, -0.2) is 18.6 Å². The van der Waals surface area contributed by atoms with E-state index in [1.165, 1.54) is 24.1 Å². The number of halogens is 1. The molecule has 0 bridgehead atoms. The highest BCUT2D eigenvalue weighted by Gasteiger charge is 2.24. The molecular weight excluding hydrogens is 244 g/mol. The Morgan fingerprint density at radius 3 is 2.83 bits per heavy atom. The van der Waals surface area contributed by atoms with Crippen LogP contribution in [0.25, 0.3) is 0 Å². The van der Waals surface area contributed by atoms with Gasteiger partial charge in [-0.1, -0.05) is 37.6 Å². The van der Waals surface area contributed by atoms with Gasteiger partial charge in [0.25, 0.3) is 0 Å². The molecule has 1 aromatic rings. The van der Waals surface area contributed by atoms with Gasteiger partial charge in [-0.3, -0.25) is 0 Å². The Morgan fingerprint density at radius 1 is 1.44 bits per heavy atom. The summed E-state index contributed by atoms with van der Waals surface area (Å²) in [5.41, 5.74) is 2.54. The molecule has 0 saturated carbocycles. The van der Waals surface area contributed by atoms with E-state index in [-0.39, 0.29) is 0 Å². The van der Waals surface area contributed by atoms with Crippen molar-refractivity contribution in [3.8, 4) is 0 Å². The number of anilines is 1. The fourth-order valence-electron chi connectivity index (χ4n) is 2.60. The van der Waals surface area contributed by atoms with E-state index in [1.807, 2.05) is 12.1 Å². The Bertz CT molecular complexity index is 403. The Labute approximate surface area is 115 Å². The van der Waals surface area contributed by atoms with Gasteiger partial charge in [-0.25, -0.2) is 0 Å². The number of nitrogens with one attached hydrogen (secondary N) is 1. The lowest BCUT2D eigenvalue weighted by molar-refractivity contribution is 0.587. The van der Waals surface area contributed by atoms with E-state index in [0.29, 0.717) is 12.1 Å². The van der Waals surface area contributed by atoms with E-state index < -0.39 is 0 Å². The van der Waals surface area contributed by atoms with E-state index in [4.69, 9.17) is 11.6 Å². The van der Waals surface area contributed by atoms with Crippen LogP contribution in [0.4, 0.5) is 5.69 Å². The molecule has 1 aliphatic rings. The monoisotopic (exact) mass is 266 g/mol. The lowest BCUT2D eigenvalue weighted by atomic mass is 10.1. The molecule has 2 rings (SSSR count). The van der Waals surface area contributed by atoms with Crippen molar-refractivity contribution >= 4 is 17.3 Å². The lowest BCUT2D eigenvalue weighted by Gasteiger charge is -2.28. The Balaban J connectivity index is 2.26. The van der Waals surface area contributed by atoms with E-state index in [2.05, 4.69) is 37.1 Å². The van der Waals surface area contributed by atoms with Gasteiger partial charge in [0, 0.05) is 25.2 Å². The van der Waals surface area contributed by atoms with Gasteiger partial charge in [-0.05, 0) is 31.4 Å². The molecule has 1 N–H and O–H groups in total. The maximum absolute atomic E-state index is 6.42. The second kappa shape index (κ2) is 5.94. The molecule has 0 amide bonds. The summed E-state index contributed by atoms with van der Waals surface area (Å²) in [6.45, 7) is 8.64. The van der Waals surface area contributed by atoms with Crippen LogP contribution in [0.2, 0.25) is 5.02 Å². The molecule has 18 heavy (non-hydrogen) atoms. The minimum atomic E-state index is 0.493. The zero-order valence-electron chi connectivity index (χ0n) is 11.5. The average Bonchev–Trinajstić information content (AvgIpc) is 2.72. The maximum Gasteiger partial charge on any atom is 0.0643 e. The molecule has 1 saturated heterocycles. The highest BCUT2D eigenvalue weighted by Crippen LogP contribution is 2.34. The van der Waals surface area contributed by atoms with Crippen molar-refractivity contribution in [2.24, 2.45) is 0 Å². The molecule has 0 aliphatic carbocycles. The van der Waals surface area contributed by atoms with Crippen LogP contribution in [0.15, 0.2) is 18.2 Å². The van der Waals surface area contributed by atoms with Crippen LogP contribution in [-0.2, 0) is 6.54 Å². The second-order valence-electron chi connectivity index (χ2n) is 5.47. The largest absolute Gasteiger partial charge is 0.367 e. The number of rotatable bonds is 4. The number of benzene rings is 1. The molecule has 100 valence electrons. The van der Waals surface area contributed by atoms with Gasteiger partial charge in [-0.15, -0.1) is 0 Å². The van der Waals surface area contributed by atoms with Crippen molar-refractivity contribution in [1.82, 2.24) is 5.32 Å². The van der Waals surface area contributed by atoms with E-state index in [9.17, 15) is 0 Å². The predicted molar refractivity (Wildman–Crippen MR) is 79.5 cm³/mol. The minimum absolute atomic E-state index is 0.493. The maximum atomic E-state index is 6.42. The van der Waals surface area contributed by atoms with Crippen molar-refractivity contribution in [2.75, 3.05) is 11.4 Å². The summed E-state index contributed by atoms with van der Waals surface area (Å²) in [5, 5.41) is 4.36. The molecule has 0 aromatic heterocycles. The Hall–Kier alpha value is -0.730. The van der Waals surface area contributed by atoms with Crippen molar-refractivity contribution in [1.29, 1.82) is 0 Å². The number of nitrogens with zero attached hydrogens (tertiary/aromatic N) is 1. The summed E-state index contributed by atoms with van der Waals surface area (Å²) in [6.07, 6.45) is 2.53. The van der Waals surface area contributed by atoms with Crippen LogP contribution >= 0.6 is 11.6 Å². The Kier molecular flexibility index (Phi) is 4.52. The van der Waals surface area contributed by atoms with E-state index >= 15 is 0 Å². The quantitative estimate of drug-likeness (QED) is 0.891. The van der Waals surface area contributed by atoms with Gasteiger partial charge in [0.15, 0.2) is 0 Å². The van der Waals surface area contributed by atoms with Crippen LogP contribution in [0, 0.1) is 0 Å². The first-order chi connectivity index (χ1) is 8.59. The molecule has 0 radical (unpaired) electrons. The lowest BCUT2D eigenvalue weighted by Crippen LogP contribution is -2.29. The van der Waals surface area contributed by atoms with Crippen LogP contribution < -0.4 is 10.2 Å². The van der Waals surface area contributed by atoms with E-state index in [1.54, 1.807) is 0 Å². The number of para-hydroxylation sites is 1. The Morgan fingerprint density at radius 2 is 2.22 bits per heavy atom. The second-order valence-corrected chi connectivity index (χ2v) is 5.88. The van der Waals surface area contributed by atoms with Gasteiger partial charge in [0.2, 0.25) is 0 Å². The standard InChI is InChI=1S/C15H23ClN2/c1-11(2)17-10-13-7-4-8-14(16)15(13)18-9-5-6-12(18)3/h4,7-8,11-12,17H,5-6,9-10H2,1-3H3. The molecule has 1 aromatic carbocycles. The minimum Gasteiger partial charge on any atom is -0.367 e. The fourth-order valence-corrected chi connectivity index (χ4v) is 2.91. The molecular formula is C15H23ClN2. The molecule has 3 heteroatoms. The van der Waals surface area contributed by atoms with Crippen molar-refractivity contribution in [2.45, 2.75) is 52.2 Å². The third kappa shape index (κ3) is 2.99. The number of hydrogen-bond donors (Lipinski definition) is 1. The first-order valence-corrected chi connectivity index (χ1v) is 7.25. The van der Waals surface area contributed by atoms with Gasteiger partial charge in [-0.2, -0.15) is 0 Å². The fraction of sp³-hybridized carbons (Fsp3) is 0.600.